The van der Waals surface area contributed by atoms with E-state index in [0.717, 1.165) is 67.1 Å². The molecule has 2 aliphatic heterocycles. The van der Waals surface area contributed by atoms with Crippen LogP contribution in [0.1, 0.15) is 18.7 Å². The predicted octanol–water partition coefficient (Wildman–Crippen LogP) is 4.26. The van der Waals surface area contributed by atoms with Crippen molar-refractivity contribution in [1.29, 1.82) is 0 Å². The van der Waals surface area contributed by atoms with Gasteiger partial charge in [0.1, 0.15) is 0 Å². The number of methoxy groups -OCH3 is 1. The third-order valence-corrected chi connectivity index (χ3v) is 6.46. The van der Waals surface area contributed by atoms with Crippen LogP contribution in [0.4, 0.5) is 5.13 Å². The van der Waals surface area contributed by atoms with Crippen LogP contribution in [0, 0.1) is 5.92 Å². The number of nitrogens with zero attached hydrogens (tertiary/aromatic N) is 5. The Morgan fingerprint density at radius 3 is 2.83 bits per heavy atom. The molecule has 30 heavy (non-hydrogen) atoms. The van der Waals surface area contributed by atoms with Crippen molar-refractivity contribution in [3.63, 3.8) is 0 Å². The number of aromatic nitrogens is 2. The van der Waals surface area contributed by atoms with Crippen LogP contribution in [0.25, 0.3) is 5.57 Å². The highest BCUT2D eigenvalue weighted by Gasteiger charge is 2.21. The maximum atomic E-state index is 6.08. The number of anilines is 1. The van der Waals surface area contributed by atoms with Crippen molar-refractivity contribution in [1.82, 2.24) is 14.3 Å². The zero-order valence-electron chi connectivity index (χ0n) is 17.1. The van der Waals surface area contributed by atoms with Gasteiger partial charge in [0, 0.05) is 54.5 Å². The van der Waals surface area contributed by atoms with Gasteiger partial charge in [0.25, 0.3) is 0 Å². The van der Waals surface area contributed by atoms with Crippen molar-refractivity contribution in [2.45, 2.75) is 12.8 Å². The van der Waals surface area contributed by atoms with E-state index in [9.17, 15) is 0 Å². The number of aliphatic imine (C=N–C) groups is 1. The zero-order valence-corrected chi connectivity index (χ0v) is 18.6. The maximum Gasteiger partial charge on any atom is 0.212 e. The molecule has 1 fully saturated rings. The monoisotopic (exact) mass is 443 g/mol. The Morgan fingerprint density at radius 2 is 2.00 bits per heavy atom. The van der Waals surface area contributed by atoms with Crippen LogP contribution in [0.3, 0.4) is 0 Å². The molecule has 1 saturated heterocycles. The normalized spacial score (nSPS) is 22.3. The number of allylic oxidation sites excluding steroid dienone is 8. The van der Waals surface area contributed by atoms with E-state index in [1.807, 2.05) is 30.5 Å². The molecule has 6 nitrogen and oxygen atoms in total. The summed E-state index contributed by atoms with van der Waals surface area (Å²) in [6.07, 6.45) is 18.0. The van der Waals surface area contributed by atoms with Crippen molar-refractivity contribution in [3.8, 4) is 0 Å². The van der Waals surface area contributed by atoms with E-state index < -0.39 is 0 Å². The van der Waals surface area contributed by atoms with Gasteiger partial charge in [0.05, 0.1) is 7.11 Å². The molecular weight excluding hydrogens is 418 g/mol. The van der Waals surface area contributed by atoms with E-state index in [4.69, 9.17) is 21.3 Å². The van der Waals surface area contributed by atoms with Gasteiger partial charge in [0.15, 0.2) is 5.82 Å². The van der Waals surface area contributed by atoms with E-state index in [1.54, 1.807) is 7.11 Å². The molecule has 3 aliphatic rings. The molecule has 158 valence electrons. The van der Waals surface area contributed by atoms with Crippen molar-refractivity contribution >= 4 is 39.7 Å². The Labute approximate surface area is 186 Å². The van der Waals surface area contributed by atoms with E-state index in [2.05, 4.69) is 37.4 Å². The topological polar surface area (TPSA) is 53.9 Å². The van der Waals surface area contributed by atoms with Gasteiger partial charge < -0.3 is 9.64 Å². The van der Waals surface area contributed by atoms with E-state index in [1.165, 1.54) is 11.5 Å². The average molecular weight is 444 g/mol. The van der Waals surface area contributed by atoms with Crippen LogP contribution in [-0.2, 0) is 4.74 Å². The summed E-state index contributed by atoms with van der Waals surface area (Å²) in [5, 5.41) is 1.76. The molecule has 0 spiro atoms. The first-order valence-corrected chi connectivity index (χ1v) is 11.4. The predicted molar refractivity (Wildman–Crippen MR) is 125 cm³/mol. The Morgan fingerprint density at radius 1 is 1.13 bits per heavy atom. The maximum absolute atomic E-state index is 6.08. The van der Waals surface area contributed by atoms with Gasteiger partial charge in [-0.05, 0) is 43.5 Å². The second-order valence-corrected chi connectivity index (χ2v) is 8.54. The fourth-order valence-corrected chi connectivity index (χ4v) is 4.47. The van der Waals surface area contributed by atoms with Gasteiger partial charge in [-0.1, -0.05) is 35.9 Å². The van der Waals surface area contributed by atoms with E-state index in [-0.39, 0.29) is 0 Å². The molecule has 1 aliphatic carbocycles. The zero-order chi connectivity index (χ0) is 20.8. The first kappa shape index (κ1) is 21.0. The second kappa shape index (κ2) is 10.2. The lowest BCUT2D eigenvalue weighted by atomic mass is 10.0. The van der Waals surface area contributed by atoms with Crippen molar-refractivity contribution in [3.05, 3.63) is 59.6 Å². The van der Waals surface area contributed by atoms with Gasteiger partial charge in [-0.25, -0.2) is 4.99 Å². The van der Waals surface area contributed by atoms with Crippen molar-refractivity contribution < 1.29 is 4.74 Å². The van der Waals surface area contributed by atoms with Gasteiger partial charge in [-0.2, -0.15) is 9.36 Å². The molecule has 0 aromatic carbocycles. The first-order valence-electron chi connectivity index (χ1n) is 10.2. The van der Waals surface area contributed by atoms with Crippen LogP contribution in [0.2, 0.25) is 0 Å². The third-order valence-electron chi connectivity index (χ3n) is 5.40. The Bertz CT molecular complexity index is 922. The fourth-order valence-electron chi connectivity index (χ4n) is 3.58. The second-order valence-electron chi connectivity index (χ2n) is 7.37. The van der Waals surface area contributed by atoms with Crippen LogP contribution in [0.15, 0.2) is 58.8 Å². The summed E-state index contributed by atoms with van der Waals surface area (Å²) in [6.45, 7) is 5.10. The Hall–Kier alpha value is -2.22. The minimum Gasteiger partial charge on any atom is -0.481 e. The minimum atomic E-state index is 0.397. The van der Waals surface area contributed by atoms with Crippen molar-refractivity contribution in [2.75, 3.05) is 44.7 Å². The van der Waals surface area contributed by atoms with Gasteiger partial charge in [-0.15, -0.1) is 0 Å². The largest absolute Gasteiger partial charge is 0.481 e. The molecule has 0 radical (unpaired) electrons. The molecule has 1 unspecified atom stereocenters. The Balaban J connectivity index is 1.26. The molecule has 0 saturated carbocycles. The summed E-state index contributed by atoms with van der Waals surface area (Å²) in [5.74, 6) is 1.85. The lowest BCUT2D eigenvalue weighted by molar-refractivity contribution is 0.250. The lowest BCUT2D eigenvalue weighted by Crippen LogP contribution is -2.46. The highest BCUT2D eigenvalue weighted by Crippen LogP contribution is 2.25. The number of halogens is 1. The van der Waals surface area contributed by atoms with Crippen molar-refractivity contribution in [2.24, 2.45) is 10.9 Å². The molecule has 3 heterocycles. The summed E-state index contributed by atoms with van der Waals surface area (Å²) >= 11 is 7.56. The SMILES string of the molecule is COC1=NC=CC(CCN2CCN(c3nc(C4=CCC=C(Cl)C=C4)ns3)CC2)C=C1. The number of rotatable bonds is 5. The molecule has 1 aromatic heterocycles. The average Bonchev–Trinajstić information content (AvgIpc) is 3.00. The molecule has 0 N–H and O–H groups in total. The number of piperazine rings is 1. The van der Waals surface area contributed by atoms with E-state index in [0.29, 0.717) is 11.8 Å². The summed E-state index contributed by atoms with van der Waals surface area (Å²) in [7, 11) is 1.65. The van der Waals surface area contributed by atoms with Gasteiger partial charge in [0.2, 0.25) is 11.0 Å². The molecule has 4 rings (SSSR count). The molecule has 0 bridgehead atoms. The smallest absolute Gasteiger partial charge is 0.212 e. The number of hydrogen-bond acceptors (Lipinski definition) is 7. The highest BCUT2D eigenvalue weighted by molar-refractivity contribution is 7.09. The summed E-state index contributed by atoms with van der Waals surface area (Å²) < 4.78 is 9.76. The quantitative estimate of drug-likeness (QED) is 0.680. The summed E-state index contributed by atoms with van der Waals surface area (Å²) in [6, 6.07) is 0. The van der Waals surface area contributed by atoms with Gasteiger partial charge >= 0.3 is 0 Å². The standard InChI is InChI=1S/C22H26ClN5OS/c1-29-20-8-5-17(9-11-24-20)10-12-27-13-15-28(16-14-27)22-25-21(26-30-22)18-3-2-4-19(23)7-6-18/h3-9,11,17H,2,10,12-16H2,1H3. The molecule has 1 aromatic rings. The minimum absolute atomic E-state index is 0.397. The first-order chi connectivity index (χ1) is 14.7. The molecule has 8 heteroatoms. The van der Waals surface area contributed by atoms with Crippen LogP contribution in [-0.4, -0.2) is 60.0 Å². The molecular formula is C22H26ClN5OS. The lowest BCUT2D eigenvalue weighted by Gasteiger charge is -2.34. The van der Waals surface area contributed by atoms with Crippen LogP contribution >= 0.6 is 23.1 Å². The third kappa shape index (κ3) is 5.47. The highest BCUT2D eigenvalue weighted by atomic mass is 35.5. The number of hydrogen-bond donors (Lipinski definition) is 0. The number of ether oxygens (including phenoxy) is 1. The molecule has 0 amide bonds. The van der Waals surface area contributed by atoms with Crippen LogP contribution in [0.5, 0.6) is 0 Å². The summed E-state index contributed by atoms with van der Waals surface area (Å²) in [4.78, 5) is 13.9. The van der Waals surface area contributed by atoms with Gasteiger partial charge in [-0.3, -0.25) is 4.90 Å². The Kier molecular flexibility index (Phi) is 7.15. The fraction of sp³-hybridized carbons (Fsp3) is 0.409. The summed E-state index contributed by atoms with van der Waals surface area (Å²) in [5.41, 5.74) is 1.04. The van der Waals surface area contributed by atoms with E-state index >= 15 is 0 Å². The molecule has 1 atom stereocenters. The van der Waals surface area contributed by atoms with Crippen LogP contribution < -0.4 is 4.90 Å².